The lowest BCUT2D eigenvalue weighted by Gasteiger charge is -2.38. The second kappa shape index (κ2) is 9.07. The largest absolute Gasteiger partial charge is 0.445 e. The van der Waals surface area contributed by atoms with Crippen molar-refractivity contribution < 1.29 is 14.5 Å². The van der Waals surface area contributed by atoms with E-state index in [4.69, 9.17) is 39.5 Å². The summed E-state index contributed by atoms with van der Waals surface area (Å²) >= 11 is 18.0. The minimum absolute atomic E-state index is 0.0869. The van der Waals surface area contributed by atoms with Gasteiger partial charge in [0, 0.05) is 20.0 Å². The average molecular weight is 429 g/mol. The summed E-state index contributed by atoms with van der Waals surface area (Å²) < 4.78 is 4.74. The first kappa shape index (κ1) is 21.0. The zero-order chi connectivity index (χ0) is 19.3. The number of amides is 1. The number of imidazole rings is 1. The highest BCUT2D eigenvalue weighted by molar-refractivity contribution is 6.68. The van der Waals surface area contributed by atoms with Gasteiger partial charge in [0.15, 0.2) is 5.82 Å². The Kier molecular flexibility index (Phi) is 7.33. The van der Waals surface area contributed by atoms with Crippen molar-refractivity contribution >= 4 is 46.7 Å². The topological polar surface area (TPSA) is 103 Å². The number of alkyl halides is 3. The molecule has 0 unspecified atom stereocenters. The molecule has 9 nitrogen and oxygen atoms in total. The number of ether oxygens (including phenoxy) is 1. The van der Waals surface area contributed by atoms with Crippen molar-refractivity contribution in [2.45, 2.75) is 42.7 Å². The molecule has 1 aliphatic rings. The van der Waals surface area contributed by atoms with Crippen molar-refractivity contribution in [2.24, 2.45) is 0 Å². The molecule has 0 aromatic carbocycles. The summed E-state index contributed by atoms with van der Waals surface area (Å²) in [6.07, 6.45) is 2.59. The molecule has 0 radical (unpaired) electrons. The number of likely N-dealkylation sites (tertiary alicyclic amines) is 1. The average Bonchev–Trinajstić information content (AvgIpc) is 2.93. The minimum atomic E-state index is -1.71. The maximum absolute atomic E-state index is 12.1. The van der Waals surface area contributed by atoms with Crippen molar-refractivity contribution in [1.29, 1.82) is 0 Å². The van der Waals surface area contributed by atoms with Crippen LogP contribution in [0.2, 0.25) is 0 Å². The smallest absolute Gasteiger partial charge is 0.408 e. The molecule has 0 aliphatic carbocycles. The van der Waals surface area contributed by atoms with Gasteiger partial charge < -0.3 is 20.2 Å². The highest BCUT2D eigenvalue weighted by atomic mass is 35.6. The van der Waals surface area contributed by atoms with Gasteiger partial charge in [-0.1, -0.05) is 41.2 Å². The molecule has 146 valence electrons. The number of carbonyl (C=O) groups excluding carboxylic acids is 1. The molecule has 1 aliphatic heterocycles. The Morgan fingerprint density at radius 3 is 2.65 bits per heavy atom. The van der Waals surface area contributed by atoms with E-state index in [9.17, 15) is 14.9 Å². The van der Waals surface area contributed by atoms with Gasteiger partial charge in [0.25, 0.3) is 0 Å². The standard InChI is InChI=1S/C14H20Cl3N5O4/c1-10-18-9-11(22(24)25)21(10)7-8-26-13(23)19-12(14(15,16)17)20-5-3-2-4-6-20/h9,12H,2-8H2,1H3,(H,19,23)/t12-/m1/s1. The molecule has 1 aromatic rings. The van der Waals surface area contributed by atoms with Gasteiger partial charge in [0.2, 0.25) is 3.79 Å². The summed E-state index contributed by atoms with van der Waals surface area (Å²) in [7, 11) is 0. The summed E-state index contributed by atoms with van der Waals surface area (Å²) in [6.45, 7) is 3.05. The molecule has 0 saturated carbocycles. The predicted octanol–water partition coefficient (Wildman–Crippen LogP) is 3.01. The number of halogens is 3. The number of piperidine rings is 1. The van der Waals surface area contributed by atoms with Gasteiger partial charge in [-0.3, -0.25) is 4.90 Å². The number of rotatable bonds is 6. The van der Waals surface area contributed by atoms with E-state index in [-0.39, 0.29) is 19.0 Å². The molecule has 12 heteroatoms. The monoisotopic (exact) mass is 427 g/mol. The lowest BCUT2D eigenvalue weighted by atomic mass is 10.1. The van der Waals surface area contributed by atoms with Crippen LogP contribution in [0.5, 0.6) is 0 Å². The van der Waals surface area contributed by atoms with Crippen LogP contribution in [0.25, 0.3) is 0 Å². The number of nitro groups is 1. The zero-order valence-electron chi connectivity index (χ0n) is 14.2. The van der Waals surface area contributed by atoms with Crippen LogP contribution in [0.4, 0.5) is 10.6 Å². The van der Waals surface area contributed by atoms with Crippen molar-refractivity contribution in [3.8, 4) is 0 Å². The number of aromatic nitrogens is 2. The highest BCUT2D eigenvalue weighted by Gasteiger charge is 2.39. The molecule has 2 rings (SSSR count). The lowest BCUT2D eigenvalue weighted by molar-refractivity contribution is -0.392. The lowest BCUT2D eigenvalue weighted by Crippen LogP contribution is -2.56. The number of alkyl carbamates (subject to hydrolysis) is 1. The first-order valence-electron chi connectivity index (χ1n) is 8.10. The molecule has 1 amide bonds. The van der Waals surface area contributed by atoms with Gasteiger partial charge in [-0.05, 0) is 17.8 Å². The third-order valence-corrected chi connectivity index (χ3v) is 4.71. The number of nitrogens with zero attached hydrogens (tertiary/aromatic N) is 4. The van der Waals surface area contributed by atoms with E-state index in [1.165, 1.54) is 4.57 Å². The van der Waals surface area contributed by atoms with Gasteiger partial charge in [-0.25, -0.2) is 14.3 Å². The van der Waals surface area contributed by atoms with E-state index in [0.717, 1.165) is 25.5 Å². The Morgan fingerprint density at radius 1 is 1.42 bits per heavy atom. The zero-order valence-corrected chi connectivity index (χ0v) is 16.4. The molecule has 1 fully saturated rings. The summed E-state index contributed by atoms with van der Waals surface area (Å²) in [5.41, 5.74) is 0. The predicted molar refractivity (Wildman–Crippen MR) is 97.6 cm³/mol. The maximum Gasteiger partial charge on any atom is 0.408 e. The van der Waals surface area contributed by atoms with Crippen LogP contribution >= 0.6 is 34.8 Å². The number of nitrogens with one attached hydrogen (secondary N) is 1. The van der Waals surface area contributed by atoms with Gasteiger partial charge >= 0.3 is 11.9 Å². The van der Waals surface area contributed by atoms with Crippen LogP contribution in [0, 0.1) is 17.0 Å². The van der Waals surface area contributed by atoms with E-state index in [1.54, 1.807) is 6.92 Å². The molecule has 2 heterocycles. The molecule has 1 saturated heterocycles. The third-order valence-electron chi connectivity index (χ3n) is 4.09. The summed E-state index contributed by atoms with van der Waals surface area (Å²) in [5, 5.41) is 13.5. The van der Waals surface area contributed by atoms with Crippen molar-refractivity contribution in [1.82, 2.24) is 19.8 Å². The third kappa shape index (κ3) is 5.60. The number of hydrogen-bond acceptors (Lipinski definition) is 6. The van der Waals surface area contributed by atoms with E-state index >= 15 is 0 Å². The molecule has 0 bridgehead atoms. The van der Waals surface area contributed by atoms with E-state index in [0.29, 0.717) is 18.9 Å². The first-order chi connectivity index (χ1) is 12.2. The van der Waals surface area contributed by atoms with E-state index < -0.39 is 21.0 Å². The Balaban J connectivity index is 1.90. The first-order valence-corrected chi connectivity index (χ1v) is 9.24. The Bertz CT molecular complexity index is 643. The SMILES string of the molecule is Cc1ncc([N+](=O)[O-])n1CCOC(=O)N[C@H](N1CCCCC1)C(Cl)(Cl)Cl. The Morgan fingerprint density at radius 2 is 2.08 bits per heavy atom. The van der Waals surface area contributed by atoms with Crippen LogP contribution in [0.1, 0.15) is 25.1 Å². The molecule has 26 heavy (non-hydrogen) atoms. The van der Waals surface area contributed by atoms with Crippen molar-refractivity contribution in [2.75, 3.05) is 19.7 Å². The molecular weight excluding hydrogens is 409 g/mol. The van der Waals surface area contributed by atoms with Crippen LogP contribution in [0.15, 0.2) is 6.20 Å². The molecule has 1 N–H and O–H groups in total. The normalized spacial score (nSPS) is 16.9. The van der Waals surface area contributed by atoms with E-state index in [2.05, 4.69) is 10.3 Å². The number of aryl methyl sites for hydroxylation is 1. The highest BCUT2D eigenvalue weighted by Crippen LogP contribution is 2.33. The Labute approximate surface area is 165 Å². The molecule has 0 spiro atoms. The number of carbonyl (C=O) groups is 1. The fourth-order valence-corrected chi connectivity index (χ4v) is 3.40. The second-order valence-corrected chi connectivity index (χ2v) is 8.26. The van der Waals surface area contributed by atoms with Gasteiger partial charge in [-0.2, -0.15) is 0 Å². The summed E-state index contributed by atoms with van der Waals surface area (Å²) in [6, 6.07) is 0. The summed E-state index contributed by atoms with van der Waals surface area (Å²) in [5.74, 6) is 0.284. The van der Waals surface area contributed by atoms with E-state index in [1.807, 2.05) is 4.90 Å². The molecular formula is C14H20Cl3N5O4. The fourth-order valence-electron chi connectivity index (χ4n) is 2.82. The van der Waals surface area contributed by atoms with Crippen LogP contribution in [0.3, 0.4) is 0 Å². The molecule has 1 aromatic heterocycles. The van der Waals surface area contributed by atoms with Crippen LogP contribution in [-0.2, 0) is 11.3 Å². The van der Waals surface area contributed by atoms with Gasteiger partial charge in [0.1, 0.15) is 25.5 Å². The Hall–Kier alpha value is -1.29. The van der Waals surface area contributed by atoms with Crippen molar-refractivity contribution in [3.05, 3.63) is 22.1 Å². The number of hydrogen-bond donors (Lipinski definition) is 1. The quantitative estimate of drug-likeness (QED) is 0.424. The minimum Gasteiger partial charge on any atom is -0.445 e. The van der Waals surface area contributed by atoms with Gasteiger partial charge in [-0.15, -0.1) is 0 Å². The van der Waals surface area contributed by atoms with Crippen LogP contribution < -0.4 is 5.32 Å². The van der Waals surface area contributed by atoms with Crippen molar-refractivity contribution in [3.63, 3.8) is 0 Å². The summed E-state index contributed by atoms with van der Waals surface area (Å²) in [4.78, 5) is 28.2. The van der Waals surface area contributed by atoms with Crippen LogP contribution in [-0.4, -0.2) is 55.1 Å². The van der Waals surface area contributed by atoms with Gasteiger partial charge in [0.05, 0.1) is 0 Å². The fraction of sp³-hybridized carbons (Fsp3) is 0.714. The molecule has 1 atom stereocenters. The second-order valence-electron chi connectivity index (χ2n) is 5.89. The maximum atomic E-state index is 12.1.